The lowest BCUT2D eigenvalue weighted by Crippen LogP contribution is -2.53. The van der Waals surface area contributed by atoms with Crippen LogP contribution in [-0.2, 0) is 4.74 Å². The van der Waals surface area contributed by atoms with Crippen LogP contribution in [0.15, 0.2) is 16.9 Å². The number of carbonyl (C=O) groups is 2. The van der Waals surface area contributed by atoms with Crippen LogP contribution in [0.1, 0.15) is 28.9 Å². The molecular weight excluding hydrogens is 286 g/mol. The Bertz CT molecular complexity index is 684. The second-order valence-corrected chi connectivity index (χ2v) is 6.12. The number of likely N-dealkylation sites (N-methyl/N-ethyl adjacent to an activating group) is 1. The third kappa shape index (κ3) is 2.47. The molecule has 7 heteroatoms. The van der Waals surface area contributed by atoms with Crippen molar-refractivity contribution in [3.8, 4) is 0 Å². The molecule has 2 amide bonds. The number of nitrogens with zero attached hydrogens (tertiary/aromatic N) is 2. The lowest BCUT2D eigenvalue weighted by atomic mass is 9.92. The van der Waals surface area contributed by atoms with Crippen LogP contribution in [0.3, 0.4) is 0 Å². The van der Waals surface area contributed by atoms with Crippen molar-refractivity contribution in [3.63, 3.8) is 0 Å². The maximum absolute atomic E-state index is 12.6. The highest BCUT2D eigenvalue weighted by molar-refractivity contribution is 5.94. The second kappa shape index (κ2) is 5.15. The molecule has 2 aliphatic rings. The van der Waals surface area contributed by atoms with Crippen LogP contribution in [0.4, 0.5) is 4.79 Å². The first-order chi connectivity index (χ1) is 10.4. The molecule has 1 atom stereocenters. The van der Waals surface area contributed by atoms with Gasteiger partial charge in [-0.1, -0.05) is 0 Å². The Morgan fingerprint density at radius 2 is 2.09 bits per heavy atom. The summed E-state index contributed by atoms with van der Waals surface area (Å²) in [6.07, 6.45) is 1.12. The van der Waals surface area contributed by atoms with Gasteiger partial charge in [-0.15, -0.1) is 0 Å². The summed E-state index contributed by atoms with van der Waals surface area (Å²) in [5, 5.41) is 0. The first-order valence-electron chi connectivity index (χ1n) is 7.34. The van der Waals surface area contributed by atoms with Crippen LogP contribution < -0.4 is 5.56 Å². The molecule has 0 aliphatic carbocycles. The molecule has 22 heavy (non-hydrogen) atoms. The summed E-state index contributed by atoms with van der Waals surface area (Å²) >= 11 is 0. The Hall–Kier alpha value is -2.31. The lowest BCUT2D eigenvalue weighted by Gasteiger charge is -2.38. The van der Waals surface area contributed by atoms with E-state index in [0.717, 1.165) is 12.8 Å². The van der Waals surface area contributed by atoms with Crippen molar-refractivity contribution in [2.24, 2.45) is 0 Å². The van der Waals surface area contributed by atoms with Gasteiger partial charge in [0.25, 0.3) is 11.5 Å². The minimum absolute atomic E-state index is 0.125. The molecule has 0 radical (unpaired) electrons. The summed E-state index contributed by atoms with van der Waals surface area (Å²) in [6, 6.07) is 3.25. The number of amides is 2. The number of likely N-dealkylation sites (tertiary alicyclic amines) is 1. The summed E-state index contributed by atoms with van der Waals surface area (Å²) in [4.78, 5) is 41.9. The van der Waals surface area contributed by atoms with Crippen molar-refractivity contribution >= 4 is 12.0 Å². The van der Waals surface area contributed by atoms with Crippen molar-refractivity contribution in [2.75, 3.05) is 26.7 Å². The average molecular weight is 305 g/mol. The fourth-order valence-corrected chi connectivity index (χ4v) is 3.19. The maximum atomic E-state index is 12.6. The normalized spacial score (nSPS) is 24.7. The number of rotatable bonds is 1. The maximum Gasteiger partial charge on any atom is 0.410 e. The third-order valence-corrected chi connectivity index (χ3v) is 4.25. The van der Waals surface area contributed by atoms with Crippen LogP contribution in [0, 0.1) is 6.92 Å². The summed E-state index contributed by atoms with van der Waals surface area (Å²) < 4.78 is 5.47. The highest BCUT2D eigenvalue weighted by Gasteiger charge is 2.47. The molecule has 1 spiro atoms. The van der Waals surface area contributed by atoms with E-state index in [1.807, 2.05) is 0 Å². The zero-order chi connectivity index (χ0) is 15.9. The number of aromatic amines is 1. The standard InChI is InChI=1S/C15H19N3O4/c1-10-4-5-11(12(19)16-10)13(20)18-7-3-6-15(9-18)8-17(2)14(21)22-15/h4-5H,3,6-9H2,1-2H3,(H,16,19)/t15-/m0/s1. The summed E-state index contributed by atoms with van der Waals surface area (Å²) in [5.41, 5.74) is -0.189. The minimum Gasteiger partial charge on any atom is -0.439 e. The SMILES string of the molecule is Cc1ccc(C(=O)N2CCC[C@]3(CN(C)C(=O)O3)C2)c(=O)[nH]1. The van der Waals surface area contributed by atoms with E-state index < -0.39 is 5.60 Å². The number of aromatic nitrogens is 1. The smallest absolute Gasteiger partial charge is 0.410 e. The Morgan fingerprint density at radius 1 is 1.32 bits per heavy atom. The van der Waals surface area contributed by atoms with Crippen LogP contribution in [-0.4, -0.2) is 59.1 Å². The van der Waals surface area contributed by atoms with Gasteiger partial charge < -0.3 is 19.5 Å². The van der Waals surface area contributed by atoms with Gasteiger partial charge in [-0.2, -0.15) is 0 Å². The molecule has 0 aromatic carbocycles. The van der Waals surface area contributed by atoms with E-state index in [0.29, 0.717) is 25.3 Å². The van der Waals surface area contributed by atoms with Crippen molar-refractivity contribution in [3.05, 3.63) is 33.7 Å². The number of nitrogens with one attached hydrogen (secondary N) is 1. The zero-order valence-electron chi connectivity index (χ0n) is 12.7. The molecule has 2 fully saturated rings. The summed E-state index contributed by atoms with van der Waals surface area (Å²) in [7, 11) is 1.68. The van der Waals surface area contributed by atoms with Gasteiger partial charge in [0, 0.05) is 19.3 Å². The van der Waals surface area contributed by atoms with Gasteiger partial charge >= 0.3 is 6.09 Å². The van der Waals surface area contributed by atoms with E-state index >= 15 is 0 Å². The van der Waals surface area contributed by atoms with Gasteiger partial charge in [-0.3, -0.25) is 9.59 Å². The molecule has 1 aromatic heterocycles. The Kier molecular flexibility index (Phi) is 3.42. The van der Waals surface area contributed by atoms with Crippen molar-refractivity contribution in [1.82, 2.24) is 14.8 Å². The summed E-state index contributed by atoms with van der Waals surface area (Å²) in [5.74, 6) is -0.314. The van der Waals surface area contributed by atoms with Crippen LogP contribution in [0.2, 0.25) is 0 Å². The topological polar surface area (TPSA) is 82.7 Å². The minimum atomic E-state index is -0.642. The van der Waals surface area contributed by atoms with Crippen LogP contribution >= 0.6 is 0 Å². The first-order valence-corrected chi connectivity index (χ1v) is 7.34. The zero-order valence-corrected chi connectivity index (χ0v) is 12.7. The number of aryl methyl sites for hydroxylation is 1. The highest BCUT2D eigenvalue weighted by Crippen LogP contribution is 2.31. The predicted molar refractivity (Wildman–Crippen MR) is 78.8 cm³/mol. The van der Waals surface area contributed by atoms with E-state index in [2.05, 4.69) is 4.98 Å². The number of H-pyrrole nitrogens is 1. The fourth-order valence-electron chi connectivity index (χ4n) is 3.19. The molecule has 3 rings (SSSR count). The second-order valence-electron chi connectivity index (χ2n) is 6.12. The predicted octanol–water partition coefficient (Wildman–Crippen LogP) is 0.740. The van der Waals surface area contributed by atoms with Gasteiger partial charge in [-0.05, 0) is 31.9 Å². The molecule has 2 saturated heterocycles. The first kappa shape index (κ1) is 14.6. The Labute approximate surface area is 127 Å². The number of piperidine rings is 1. The molecule has 118 valence electrons. The Balaban J connectivity index is 1.82. The highest BCUT2D eigenvalue weighted by atomic mass is 16.6. The Morgan fingerprint density at radius 3 is 2.73 bits per heavy atom. The molecule has 1 aromatic rings. The van der Waals surface area contributed by atoms with E-state index in [9.17, 15) is 14.4 Å². The molecular formula is C15H19N3O4. The fraction of sp³-hybridized carbons (Fsp3) is 0.533. The van der Waals surface area contributed by atoms with Gasteiger partial charge in [0.1, 0.15) is 11.2 Å². The molecule has 2 aliphatic heterocycles. The van der Waals surface area contributed by atoms with Crippen molar-refractivity contribution in [1.29, 1.82) is 0 Å². The van der Waals surface area contributed by atoms with E-state index in [1.165, 1.54) is 4.90 Å². The number of hydrogen-bond donors (Lipinski definition) is 1. The van der Waals surface area contributed by atoms with Gasteiger partial charge in [0.2, 0.25) is 0 Å². The summed E-state index contributed by atoms with van der Waals surface area (Å²) in [6.45, 7) is 3.13. The third-order valence-electron chi connectivity index (χ3n) is 4.25. The van der Waals surface area contributed by atoms with Crippen LogP contribution in [0.25, 0.3) is 0 Å². The van der Waals surface area contributed by atoms with Gasteiger partial charge in [0.05, 0.1) is 13.1 Å². The molecule has 1 N–H and O–H groups in total. The number of carbonyl (C=O) groups excluding carboxylic acids is 2. The molecule has 7 nitrogen and oxygen atoms in total. The molecule has 0 bridgehead atoms. The monoisotopic (exact) mass is 305 g/mol. The van der Waals surface area contributed by atoms with Gasteiger partial charge in [-0.25, -0.2) is 4.79 Å². The lowest BCUT2D eigenvalue weighted by molar-refractivity contribution is -0.00527. The van der Waals surface area contributed by atoms with E-state index in [4.69, 9.17) is 4.74 Å². The number of pyridine rings is 1. The average Bonchev–Trinajstić information content (AvgIpc) is 2.72. The van der Waals surface area contributed by atoms with Gasteiger partial charge in [0.15, 0.2) is 0 Å². The largest absolute Gasteiger partial charge is 0.439 e. The molecule has 3 heterocycles. The quantitative estimate of drug-likeness (QED) is 0.829. The molecule has 0 unspecified atom stereocenters. The van der Waals surface area contributed by atoms with Crippen molar-refractivity contribution < 1.29 is 14.3 Å². The van der Waals surface area contributed by atoms with Crippen LogP contribution in [0.5, 0.6) is 0 Å². The molecule has 0 saturated carbocycles. The van der Waals surface area contributed by atoms with Crippen molar-refractivity contribution in [2.45, 2.75) is 25.4 Å². The van der Waals surface area contributed by atoms with E-state index in [-0.39, 0.29) is 23.1 Å². The number of hydrogen-bond acceptors (Lipinski definition) is 4. The number of ether oxygens (including phenoxy) is 1. The van der Waals surface area contributed by atoms with E-state index in [1.54, 1.807) is 31.0 Å².